The Morgan fingerprint density at radius 2 is 1.76 bits per heavy atom. The van der Waals surface area contributed by atoms with E-state index >= 15 is 0 Å². The highest BCUT2D eigenvalue weighted by Gasteiger charge is 2.17. The highest BCUT2D eigenvalue weighted by molar-refractivity contribution is 5.98. The molecule has 2 rings (SSSR count). The number of aryl methyl sites for hydroxylation is 1. The number of hydrogen-bond donors (Lipinski definition) is 0. The number of carbonyl (C=O) groups excluding carboxylic acids is 1. The van der Waals surface area contributed by atoms with Crippen LogP contribution in [0.1, 0.15) is 66.1 Å². The number of hydrogen-bond acceptors (Lipinski definition) is 2. The smallest absolute Gasteiger partial charge is 0.338 e. The van der Waals surface area contributed by atoms with Gasteiger partial charge in [-0.1, -0.05) is 74.7 Å². The normalized spacial score (nSPS) is 11.4. The molecule has 132 valence electrons. The van der Waals surface area contributed by atoms with Crippen LogP contribution in [-0.4, -0.2) is 13.1 Å². The quantitative estimate of drug-likeness (QED) is 0.321. The molecule has 0 aliphatic carbocycles. The SMILES string of the molecule is CCCCCC/C(=C/c1ccccc1)c1c(C)cccc1C(=O)OC. The van der Waals surface area contributed by atoms with Gasteiger partial charge in [0, 0.05) is 0 Å². The van der Waals surface area contributed by atoms with Crippen LogP contribution in [-0.2, 0) is 4.74 Å². The molecule has 2 aromatic carbocycles. The zero-order valence-corrected chi connectivity index (χ0v) is 15.5. The number of unbranched alkanes of at least 4 members (excludes halogenated alkanes) is 3. The van der Waals surface area contributed by atoms with Crippen molar-refractivity contribution in [2.75, 3.05) is 7.11 Å². The molecule has 0 spiro atoms. The van der Waals surface area contributed by atoms with Gasteiger partial charge in [0.15, 0.2) is 0 Å². The van der Waals surface area contributed by atoms with Gasteiger partial charge in [0.1, 0.15) is 0 Å². The molecular formula is C23H28O2. The van der Waals surface area contributed by atoms with Crippen molar-refractivity contribution in [1.82, 2.24) is 0 Å². The van der Waals surface area contributed by atoms with Crippen molar-refractivity contribution >= 4 is 17.6 Å². The van der Waals surface area contributed by atoms with Crippen LogP contribution in [0.15, 0.2) is 48.5 Å². The zero-order chi connectivity index (χ0) is 18.1. The third-order valence-corrected chi connectivity index (χ3v) is 4.44. The Bertz CT molecular complexity index is 714. The number of carbonyl (C=O) groups is 1. The topological polar surface area (TPSA) is 26.3 Å². The van der Waals surface area contributed by atoms with Gasteiger partial charge in [-0.2, -0.15) is 0 Å². The monoisotopic (exact) mass is 336 g/mol. The summed E-state index contributed by atoms with van der Waals surface area (Å²) >= 11 is 0. The van der Waals surface area contributed by atoms with Crippen LogP contribution in [0.5, 0.6) is 0 Å². The van der Waals surface area contributed by atoms with Gasteiger partial charge in [-0.15, -0.1) is 0 Å². The lowest BCUT2D eigenvalue weighted by molar-refractivity contribution is 0.0600. The Hall–Kier alpha value is -2.35. The standard InChI is InChI=1S/C23H28O2/c1-4-5-6-10-15-20(17-19-13-8-7-9-14-19)22-18(2)12-11-16-21(22)23(24)25-3/h7-9,11-14,16-17H,4-6,10,15H2,1-3H3/b20-17-. The third kappa shape index (κ3) is 5.32. The van der Waals surface area contributed by atoms with E-state index in [2.05, 4.69) is 38.1 Å². The van der Waals surface area contributed by atoms with Gasteiger partial charge < -0.3 is 4.74 Å². The van der Waals surface area contributed by atoms with Crippen molar-refractivity contribution in [2.24, 2.45) is 0 Å². The number of rotatable bonds is 8. The van der Waals surface area contributed by atoms with E-state index in [1.807, 2.05) is 30.3 Å². The Labute approximate surface area is 151 Å². The predicted molar refractivity (Wildman–Crippen MR) is 106 cm³/mol. The molecule has 0 saturated carbocycles. The van der Waals surface area contributed by atoms with Crippen LogP contribution in [0.2, 0.25) is 0 Å². The van der Waals surface area contributed by atoms with Crippen molar-refractivity contribution in [2.45, 2.75) is 46.0 Å². The molecular weight excluding hydrogens is 308 g/mol. The number of benzene rings is 2. The molecule has 0 aliphatic rings. The van der Waals surface area contributed by atoms with E-state index < -0.39 is 0 Å². The molecule has 0 fully saturated rings. The van der Waals surface area contributed by atoms with Gasteiger partial charge >= 0.3 is 5.97 Å². The maximum Gasteiger partial charge on any atom is 0.338 e. The molecule has 0 aromatic heterocycles. The molecule has 2 nitrogen and oxygen atoms in total. The minimum absolute atomic E-state index is 0.272. The van der Waals surface area contributed by atoms with Gasteiger partial charge in [-0.25, -0.2) is 4.79 Å². The highest BCUT2D eigenvalue weighted by atomic mass is 16.5. The highest BCUT2D eigenvalue weighted by Crippen LogP contribution is 2.30. The lowest BCUT2D eigenvalue weighted by atomic mass is 9.90. The lowest BCUT2D eigenvalue weighted by Crippen LogP contribution is -2.07. The first-order valence-corrected chi connectivity index (χ1v) is 9.11. The molecule has 2 heteroatoms. The van der Waals surface area contributed by atoms with Crippen LogP contribution in [0.4, 0.5) is 0 Å². The number of ether oxygens (including phenoxy) is 1. The molecule has 0 bridgehead atoms. The average molecular weight is 336 g/mol. The number of allylic oxidation sites excluding steroid dienone is 1. The maximum atomic E-state index is 12.3. The van der Waals surface area contributed by atoms with E-state index in [1.165, 1.54) is 31.9 Å². The first-order chi connectivity index (χ1) is 12.2. The summed E-state index contributed by atoms with van der Waals surface area (Å²) in [5.74, 6) is -0.272. The molecule has 0 heterocycles. The largest absolute Gasteiger partial charge is 0.465 e. The second-order valence-corrected chi connectivity index (χ2v) is 6.38. The zero-order valence-electron chi connectivity index (χ0n) is 15.5. The van der Waals surface area contributed by atoms with Crippen molar-refractivity contribution in [3.63, 3.8) is 0 Å². The second kappa shape index (κ2) is 9.83. The number of esters is 1. The van der Waals surface area contributed by atoms with E-state index in [9.17, 15) is 4.79 Å². The molecule has 25 heavy (non-hydrogen) atoms. The van der Waals surface area contributed by atoms with Gasteiger partial charge in [0.25, 0.3) is 0 Å². The summed E-state index contributed by atoms with van der Waals surface area (Å²) < 4.78 is 5.01. The third-order valence-electron chi connectivity index (χ3n) is 4.44. The minimum Gasteiger partial charge on any atom is -0.465 e. The van der Waals surface area contributed by atoms with Crippen molar-refractivity contribution in [3.05, 3.63) is 70.8 Å². The summed E-state index contributed by atoms with van der Waals surface area (Å²) in [5.41, 5.74) is 5.16. The molecule has 2 aromatic rings. The Morgan fingerprint density at radius 1 is 1.00 bits per heavy atom. The molecule has 0 N–H and O–H groups in total. The minimum atomic E-state index is -0.272. The summed E-state index contributed by atoms with van der Waals surface area (Å²) in [6, 6.07) is 16.1. The Balaban J connectivity index is 2.45. The van der Waals surface area contributed by atoms with Crippen molar-refractivity contribution in [1.29, 1.82) is 0 Å². The van der Waals surface area contributed by atoms with Crippen LogP contribution in [0, 0.1) is 6.92 Å². The molecule has 0 amide bonds. The summed E-state index contributed by atoms with van der Waals surface area (Å²) in [5, 5.41) is 0. The number of methoxy groups -OCH3 is 1. The van der Waals surface area contributed by atoms with Gasteiger partial charge in [-0.05, 0) is 48.1 Å². The molecule has 0 radical (unpaired) electrons. The lowest BCUT2D eigenvalue weighted by Gasteiger charge is -2.15. The van der Waals surface area contributed by atoms with Crippen LogP contribution in [0.25, 0.3) is 11.6 Å². The Morgan fingerprint density at radius 3 is 2.44 bits per heavy atom. The molecule has 0 aliphatic heterocycles. The van der Waals surface area contributed by atoms with E-state index in [0.29, 0.717) is 5.56 Å². The van der Waals surface area contributed by atoms with Crippen molar-refractivity contribution in [3.8, 4) is 0 Å². The van der Waals surface area contributed by atoms with Crippen LogP contribution >= 0.6 is 0 Å². The summed E-state index contributed by atoms with van der Waals surface area (Å²) in [6.07, 6.45) is 7.97. The average Bonchev–Trinajstić information content (AvgIpc) is 2.64. The van der Waals surface area contributed by atoms with Gasteiger partial charge in [0.2, 0.25) is 0 Å². The Kier molecular flexibility index (Phi) is 7.46. The van der Waals surface area contributed by atoms with Gasteiger partial charge in [0.05, 0.1) is 12.7 Å². The van der Waals surface area contributed by atoms with E-state index in [4.69, 9.17) is 4.74 Å². The maximum absolute atomic E-state index is 12.3. The summed E-state index contributed by atoms with van der Waals surface area (Å²) in [7, 11) is 1.44. The molecule has 0 saturated heterocycles. The predicted octanol–water partition coefficient (Wildman–Crippen LogP) is 6.29. The van der Waals surface area contributed by atoms with E-state index in [0.717, 1.165) is 29.5 Å². The van der Waals surface area contributed by atoms with Crippen LogP contribution in [0.3, 0.4) is 0 Å². The van der Waals surface area contributed by atoms with Crippen molar-refractivity contribution < 1.29 is 9.53 Å². The van der Waals surface area contributed by atoms with Gasteiger partial charge in [-0.3, -0.25) is 0 Å². The first kappa shape index (κ1) is 19.0. The fourth-order valence-corrected chi connectivity index (χ4v) is 3.14. The molecule has 0 atom stereocenters. The van der Waals surface area contributed by atoms with Crippen LogP contribution < -0.4 is 0 Å². The first-order valence-electron chi connectivity index (χ1n) is 9.11. The summed E-state index contributed by atoms with van der Waals surface area (Å²) in [6.45, 7) is 4.28. The van der Waals surface area contributed by atoms with E-state index in [-0.39, 0.29) is 5.97 Å². The molecule has 0 unspecified atom stereocenters. The fraction of sp³-hybridized carbons (Fsp3) is 0.348. The second-order valence-electron chi connectivity index (χ2n) is 6.38. The summed E-state index contributed by atoms with van der Waals surface area (Å²) in [4.78, 5) is 12.3. The fourth-order valence-electron chi connectivity index (χ4n) is 3.14. The van der Waals surface area contributed by atoms with E-state index in [1.54, 1.807) is 0 Å².